The van der Waals surface area contributed by atoms with Gasteiger partial charge in [-0.05, 0) is 45.2 Å². The van der Waals surface area contributed by atoms with Gasteiger partial charge in [0, 0.05) is 18.2 Å². The molecule has 2 atom stereocenters. The highest BCUT2D eigenvalue weighted by Crippen LogP contribution is 2.30. The number of nitrogens with one attached hydrogen (secondary N) is 1. The summed E-state index contributed by atoms with van der Waals surface area (Å²) in [5.41, 5.74) is 0.631. The first-order chi connectivity index (χ1) is 10.1. The number of hydrogen-bond acceptors (Lipinski definition) is 3. The number of likely N-dealkylation sites (tertiary alicyclic amines) is 1. The molecular weight excluding hydrogens is 268 g/mol. The average molecular weight is 292 g/mol. The predicted molar refractivity (Wildman–Crippen MR) is 83.2 cm³/mol. The molecule has 1 heterocycles. The molecule has 5 heteroatoms. The van der Waals surface area contributed by atoms with Gasteiger partial charge >= 0.3 is 6.03 Å². The molecular formula is C16H24N2O3. The Kier molecular flexibility index (Phi) is 4.94. The summed E-state index contributed by atoms with van der Waals surface area (Å²) in [6, 6.07) is 5.80. The van der Waals surface area contributed by atoms with Crippen LogP contribution in [-0.4, -0.2) is 37.2 Å². The highest BCUT2D eigenvalue weighted by Gasteiger charge is 2.29. The van der Waals surface area contributed by atoms with Gasteiger partial charge in [-0.25, -0.2) is 4.79 Å². The predicted octanol–water partition coefficient (Wildman–Crippen LogP) is 3.50. The zero-order chi connectivity index (χ0) is 15.4. The summed E-state index contributed by atoms with van der Waals surface area (Å²) >= 11 is 0. The number of amides is 2. The van der Waals surface area contributed by atoms with Gasteiger partial charge in [0.05, 0.1) is 19.9 Å². The Balaban J connectivity index is 2.18. The number of nitrogens with zero attached hydrogens (tertiary/aromatic N) is 1. The van der Waals surface area contributed by atoms with Crippen LogP contribution in [0.4, 0.5) is 10.5 Å². The van der Waals surface area contributed by atoms with Gasteiger partial charge in [0.2, 0.25) is 0 Å². The van der Waals surface area contributed by atoms with Crippen molar-refractivity contribution in [2.24, 2.45) is 0 Å². The van der Waals surface area contributed by atoms with Gasteiger partial charge in [-0.3, -0.25) is 0 Å². The van der Waals surface area contributed by atoms with Gasteiger partial charge in [0.15, 0.2) is 0 Å². The molecule has 1 aromatic carbocycles. The maximum atomic E-state index is 12.6. The second-order valence-electron chi connectivity index (χ2n) is 5.53. The maximum absolute atomic E-state index is 12.6. The van der Waals surface area contributed by atoms with Crippen molar-refractivity contribution in [1.82, 2.24) is 4.90 Å². The summed E-state index contributed by atoms with van der Waals surface area (Å²) < 4.78 is 10.5. The number of carbonyl (C=O) groups excluding carboxylic acids is 1. The standard InChI is InChI=1S/C16H24N2O3/c1-11-6-5-7-12(2)18(11)16(19)17-14-10-13(20-3)8-9-15(14)21-4/h8-12H,5-7H2,1-4H3,(H,17,19)/t11-,12-/m1/s1. The van der Waals surface area contributed by atoms with E-state index in [0.29, 0.717) is 17.2 Å². The van der Waals surface area contributed by atoms with E-state index in [9.17, 15) is 4.79 Å². The van der Waals surface area contributed by atoms with Crippen LogP contribution in [-0.2, 0) is 0 Å². The highest BCUT2D eigenvalue weighted by molar-refractivity contribution is 5.91. The minimum atomic E-state index is -0.0822. The topological polar surface area (TPSA) is 50.8 Å². The molecule has 116 valence electrons. The number of urea groups is 1. The van der Waals surface area contributed by atoms with E-state index in [-0.39, 0.29) is 18.1 Å². The molecule has 0 aromatic heterocycles. The lowest BCUT2D eigenvalue weighted by atomic mass is 9.98. The molecule has 21 heavy (non-hydrogen) atoms. The molecule has 1 aliphatic heterocycles. The zero-order valence-corrected chi connectivity index (χ0v) is 13.2. The van der Waals surface area contributed by atoms with Gasteiger partial charge in [-0.1, -0.05) is 0 Å². The number of methoxy groups -OCH3 is 2. The number of piperidine rings is 1. The van der Waals surface area contributed by atoms with Gasteiger partial charge < -0.3 is 19.7 Å². The lowest BCUT2D eigenvalue weighted by molar-refractivity contribution is 0.133. The quantitative estimate of drug-likeness (QED) is 0.927. The van der Waals surface area contributed by atoms with Crippen LogP contribution < -0.4 is 14.8 Å². The van der Waals surface area contributed by atoms with E-state index in [1.807, 2.05) is 4.90 Å². The normalized spacial score (nSPS) is 21.8. The molecule has 0 unspecified atom stereocenters. The molecule has 1 aromatic rings. The fraction of sp³-hybridized carbons (Fsp3) is 0.562. The Labute approximate surface area is 126 Å². The zero-order valence-electron chi connectivity index (χ0n) is 13.2. The molecule has 1 saturated heterocycles. The van der Waals surface area contributed by atoms with Crippen LogP contribution in [0, 0.1) is 0 Å². The van der Waals surface area contributed by atoms with Crippen LogP contribution in [0.2, 0.25) is 0 Å². The maximum Gasteiger partial charge on any atom is 0.322 e. The van der Waals surface area contributed by atoms with Crippen LogP contribution in [0.15, 0.2) is 18.2 Å². The van der Waals surface area contributed by atoms with Gasteiger partial charge in [0.1, 0.15) is 11.5 Å². The van der Waals surface area contributed by atoms with Crippen molar-refractivity contribution < 1.29 is 14.3 Å². The second kappa shape index (κ2) is 6.70. The molecule has 2 rings (SSSR count). The first kappa shape index (κ1) is 15.5. The minimum Gasteiger partial charge on any atom is -0.497 e. The highest BCUT2D eigenvalue weighted by atomic mass is 16.5. The number of rotatable bonds is 3. The van der Waals surface area contributed by atoms with Crippen LogP contribution in [0.1, 0.15) is 33.1 Å². The number of anilines is 1. The van der Waals surface area contributed by atoms with Crippen molar-refractivity contribution in [1.29, 1.82) is 0 Å². The molecule has 2 amide bonds. The van der Waals surface area contributed by atoms with Crippen LogP contribution in [0.5, 0.6) is 11.5 Å². The molecule has 5 nitrogen and oxygen atoms in total. The molecule has 1 aliphatic rings. The van der Waals surface area contributed by atoms with E-state index in [0.717, 1.165) is 12.8 Å². The Morgan fingerprint density at radius 1 is 1.19 bits per heavy atom. The molecule has 0 spiro atoms. The van der Waals surface area contributed by atoms with E-state index in [1.54, 1.807) is 32.4 Å². The van der Waals surface area contributed by atoms with E-state index >= 15 is 0 Å². The van der Waals surface area contributed by atoms with Crippen molar-refractivity contribution in [3.05, 3.63) is 18.2 Å². The largest absolute Gasteiger partial charge is 0.497 e. The smallest absolute Gasteiger partial charge is 0.322 e. The first-order valence-corrected chi connectivity index (χ1v) is 7.38. The van der Waals surface area contributed by atoms with Crippen molar-refractivity contribution in [3.63, 3.8) is 0 Å². The van der Waals surface area contributed by atoms with Gasteiger partial charge in [-0.15, -0.1) is 0 Å². The summed E-state index contributed by atoms with van der Waals surface area (Å²) in [7, 11) is 3.19. The summed E-state index contributed by atoms with van der Waals surface area (Å²) in [6.07, 6.45) is 3.27. The third-order valence-electron chi connectivity index (χ3n) is 4.08. The third kappa shape index (κ3) is 3.40. The number of carbonyl (C=O) groups is 1. The number of ether oxygens (including phenoxy) is 2. The molecule has 1 fully saturated rings. The number of benzene rings is 1. The fourth-order valence-corrected chi connectivity index (χ4v) is 2.91. The Morgan fingerprint density at radius 3 is 2.43 bits per heavy atom. The fourth-order valence-electron chi connectivity index (χ4n) is 2.91. The Morgan fingerprint density at radius 2 is 1.86 bits per heavy atom. The minimum absolute atomic E-state index is 0.0822. The van der Waals surface area contributed by atoms with E-state index in [2.05, 4.69) is 19.2 Å². The molecule has 0 bridgehead atoms. The summed E-state index contributed by atoms with van der Waals surface area (Å²) in [6.45, 7) is 4.19. The Hall–Kier alpha value is -1.91. The SMILES string of the molecule is COc1ccc(OC)c(NC(=O)N2[C@H](C)CCC[C@H]2C)c1. The Bertz CT molecular complexity index is 494. The van der Waals surface area contributed by atoms with E-state index in [4.69, 9.17) is 9.47 Å². The molecule has 0 saturated carbocycles. The van der Waals surface area contributed by atoms with Gasteiger partial charge in [-0.2, -0.15) is 0 Å². The summed E-state index contributed by atoms with van der Waals surface area (Å²) in [4.78, 5) is 14.5. The van der Waals surface area contributed by atoms with Crippen molar-refractivity contribution in [2.75, 3.05) is 19.5 Å². The molecule has 0 radical (unpaired) electrons. The lowest BCUT2D eigenvalue weighted by Gasteiger charge is -2.39. The molecule has 1 N–H and O–H groups in total. The summed E-state index contributed by atoms with van der Waals surface area (Å²) in [5, 5.41) is 2.95. The lowest BCUT2D eigenvalue weighted by Crippen LogP contribution is -2.49. The van der Waals surface area contributed by atoms with Crippen molar-refractivity contribution in [3.8, 4) is 11.5 Å². The first-order valence-electron chi connectivity index (χ1n) is 7.38. The van der Waals surface area contributed by atoms with Crippen LogP contribution >= 0.6 is 0 Å². The second-order valence-corrected chi connectivity index (χ2v) is 5.53. The van der Waals surface area contributed by atoms with Crippen LogP contribution in [0.25, 0.3) is 0 Å². The van der Waals surface area contributed by atoms with Crippen LogP contribution in [0.3, 0.4) is 0 Å². The average Bonchev–Trinajstić information content (AvgIpc) is 2.47. The van der Waals surface area contributed by atoms with Gasteiger partial charge in [0.25, 0.3) is 0 Å². The summed E-state index contributed by atoms with van der Waals surface area (Å²) in [5.74, 6) is 1.31. The molecule has 0 aliphatic carbocycles. The monoisotopic (exact) mass is 292 g/mol. The number of hydrogen-bond donors (Lipinski definition) is 1. The third-order valence-corrected chi connectivity index (χ3v) is 4.08. The van der Waals surface area contributed by atoms with Crippen molar-refractivity contribution in [2.45, 2.75) is 45.2 Å². The van der Waals surface area contributed by atoms with E-state index < -0.39 is 0 Å². The van der Waals surface area contributed by atoms with Crippen molar-refractivity contribution >= 4 is 11.7 Å². The van der Waals surface area contributed by atoms with E-state index in [1.165, 1.54) is 6.42 Å².